The van der Waals surface area contributed by atoms with Gasteiger partial charge in [0.2, 0.25) is 0 Å². The fraction of sp³-hybridized carbons (Fsp3) is 0.458. The van der Waals surface area contributed by atoms with Crippen molar-refractivity contribution in [2.24, 2.45) is 0 Å². The van der Waals surface area contributed by atoms with Crippen LogP contribution in [0.15, 0.2) is 42.5 Å². The molecule has 2 heterocycles. The number of rotatable bonds is 4. The molecule has 1 N–H and O–H groups in total. The van der Waals surface area contributed by atoms with E-state index < -0.39 is 0 Å². The van der Waals surface area contributed by atoms with Crippen molar-refractivity contribution in [3.63, 3.8) is 0 Å². The molecule has 0 unspecified atom stereocenters. The first kappa shape index (κ1) is 19.9. The minimum atomic E-state index is -0.221. The van der Waals surface area contributed by atoms with Crippen molar-refractivity contribution >= 4 is 5.91 Å². The van der Waals surface area contributed by atoms with Crippen molar-refractivity contribution in [1.82, 2.24) is 10.2 Å². The second-order valence-electron chi connectivity index (χ2n) is 9.24. The molecule has 2 aliphatic heterocycles. The van der Waals surface area contributed by atoms with Crippen molar-refractivity contribution in [1.29, 1.82) is 0 Å². The highest BCUT2D eigenvalue weighted by atomic mass is 19.1. The summed E-state index contributed by atoms with van der Waals surface area (Å²) in [6.07, 6.45) is 1.89. The number of amides is 1. The second-order valence-corrected chi connectivity index (χ2v) is 9.24. The Labute approximate surface area is 172 Å². The summed E-state index contributed by atoms with van der Waals surface area (Å²) in [5.41, 5.74) is 2.78. The van der Waals surface area contributed by atoms with Crippen LogP contribution in [-0.4, -0.2) is 36.0 Å². The van der Waals surface area contributed by atoms with Gasteiger partial charge in [-0.05, 0) is 82.1 Å². The summed E-state index contributed by atoms with van der Waals surface area (Å²) in [4.78, 5) is 14.5. The molecule has 1 saturated heterocycles. The van der Waals surface area contributed by atoms with Gasteiger partial charge in [0.1, 0.15) is 11.6 Å². The van der Waals surface area contributed by atoms with Crippen LogP contribution in [0.2, 0.25) is 0 Å². The van der Waals surface area contributed by atoms with E-state index in [4.69, 9.17) is 4.74 Å². The third-order valence-corrected chi connectivity index (χ3v) is 6.41. The van der Waals surface area contributed by atoms with Gasteiger partial charge in [-0.15, -0.1) is 0 Å². The van der Waals surface area contributed by atoms with Gasteiger partial charge in [-0.1, -0.05) is 18.2 Å². The fourth-order valence-corrected chi connectivity index (χ4v) is 4.43. The number of benzene rings is 2. The van der Waals surface area contributed by atoms with E-state index in [9.17, 15) is 9.18 Å². The largest absolute Gasteiger partial charge is 0.493 e. The van der Waals surface area contributed by atoms with Crippen molar-refractivity contribution in [3.05, 3.63) is 65.0 Å². The molecular weight excluding hydrogens is 367 g/mol. The van der Waals surface area contributed by atoms with Gasteiger partial charge < -0.3 is 10.1 Å². The van der Waals surface area contributed by atoms with E-state index in [1.54, 1.807) is 0 Å². The summed E-state index contributed by atoms with van der Waals surface area (Å²) in [5.74, 6) is 0.444. The summed E-state index contributed by atoms with van der Waals surface area (Å²) in [7, 11) is 0. The maximum atomic E-state index is 13.5. The first-order valence-electron chi connectivity index (χ1n) is 10.3. The van der Waals surface area contributed by atoms with Crippen LogP contribution in [0.4, 0.5) is 4.39 Å². The molecule has 154 valence electrons. The number of halogens is 1. The molecule has 1 amide bonds. The standard InChI is InChI=1S/C24H29FN2O2/c1-23(2,3)27-12-10-24(11-13-27,18-5-7-19(25)8-6-18)16-29-20-9-4-17-15-26-22(28)21(17)14-20/h4-9,14H,10-13,15-16H2,1-3H3,(H,26,28). The number of nitrogens with one attached hydrogen (secondary N) is 1. The van der Waals surface area contributed by atoms with Crippen molar-refractivity contribution in [2.75, 3.05) is 19.7 Å². The van der Waals surface area contributed by atoms with E-state index in [0.717, 1.165) is 37.1 Å². The highest BCUT2D eigenvalue weighted by molar-refractivity contribution is 5.98. The van der Waals surface area contributed by atoms with E-state index in [2.05, 4.69) is 31.0 Å². The highest BCUT2D eigenvalue weighted by Gasteiger charge is 2.39. The Hall–Kier alpha value is -2.40. The topological polar surface area (TPSA) is 41.6 Å². The highest BCUT2D eigenvalue weighted by Crippen LogP contribution is 2.38. The third kappa shape index (κ3) is 4.01. The maximum Gasteiger partial charge on any atom is 0.252 e. The fourth-order valence-electron chi connectivity index (χ4n) is 4.43. The lowest BCUT2D eigenvalue weighted by Crippen LogP contribution is -2.52. The predicted molar refractivity (Wildman–Crippen MR) is 112 cm³/mol. The van der Waals surface area contributed by atoms with Gasteiger partial charge in [0.15, 0.2) is 0 Å². The van der Waals surface area contributed by atoms with Gasteiger partial charge in [0, 0.05) is 23.1 Å². The first-order chi connectivity index (χ1) is 13.8. The second kappa shape index (κ2) is 7.45. The lowest BCUT2D eigenvalue weighted by atomic mass is 9.72. The molecule has 0 spiro atoms. The number of fused-ring (bicyclic) bond motifs is 1. The average molecular weight is 397 g/mol. The van der Waals surface area contributed by atoms with Crippen LogP contribution in [0.1, 0.15) is 55.1 Å². The Balaban J connectivity index is 1.56. The molecule has 1 fully saturated rings. The van der Waals surface area contributed by atoms with Gasteiger partial charge in [-0.25, -0.2) is 4.39 Å². The zero-order valence-electron chi connectivity index (χ0n) is 17.4. The monoisotopic (exact) mass is 396 g/mol. The van der Waals surface area contributed by atoms with E-state index in [1.165, 1.54) is 12.1 Å². The van der Waals surface area contributed by atoms with E-state index in [0.29, 0.717) is 24.5 Å². The molecule has 4 nitrogen and oxygen atoms in total. The maximum absolute atomic E-state index is 13.5. The lowest BCUT2D eigenvalue weighted by Gasteiger charge is -2.46. The van der Waals surface area contributed by atoms with Crippen LogP contribution in [0.5, 0.6) is 5.75 Å². The molecule has 5 heteroatoms. The van der Waals surface area contributed by atoms with Gasteiger partial charge in [0.25, 0.3) is 5.91 Å². The summed E-state index contributed by atoms with van der Waals surface area (Å²) in [6.45, 7) is 9.75. The van der Waals surface area contributed by atoms with Gasteiger partial charge in [-0.3, -0.25) is 9.69 Å². The number of carbonyl (C=O) groups is 1. The predicted octanol–water partition coefficient (Wildman–Crippen LogP) is 4.28. The van der Waals surface area contributed by atoms with Crippen LogP contribution < -0.4 is 10.1 Å². The van der Waals surface area contributed by atoms with E-state index in [-0.39, 0.29) is 22.7 Å². The molecule has 2 aliphatic rings. The lowest BCUT2D eigenvalue weighted by molar-refractivity contribution is 0.0543. The quantitative estimate of drug-likeness (QED) is 0.839. The molecule has 0 radical (unpaired) electrons. The summed E-state index contributed by atoms with van der Waals surface area (Å²) < 4.78 is 19.8. The molecule has 0 bridgehead atoms. The van der Waals surface area contributed by atoms with Crippen LogP contribution in [0, 0.1) is 5.82 Å². The van der Waals surface area contributed by atoms with E-state index >= 15 is 0 Å². The number of carbonyl (C=O) groups excluding carboxylic acids is 1. The van der Waals surface area contributed by atoms with E-state index in [1.807, 2.05) is 30.3 Å². The summed E-state index contributed by atoms with van der Waals surface area (Å²) >= 11 is 0. The molecule has 0 atom stereocenters. The normalized spacial score (nSPS) is 19.0. The Kier molecular flexibility index (Phi) is 5.11. The van der Waals surface area contributed by atoms with Crippen LogP contribution in [0.3, 0.4) is 0 Å². The van der Waals surface area contributed by atoms with Crippen LogP contribution >= 0.6 is 0 Å². The van der Waals surface area contributed by atoms with Gasteiger partial charge in [-0.2, -0.15) is 0 Å². The zero-order valence-corrected chi connectivity index (χ0v) is 17.4. The molecule has 0 aromatic heterocycles. The van der Waals surface area contributed by atoms with Gasteiger partial charge in [0.05, 0.1) is 6.61 Å². The molecule has 4 rings (SSSR count). The van der Waals surface area contributed by atoms with Crippen molar-refractivity contribution in [3.8, 4) is 5.75 Å². The Morgan fingerprint density at radius 3 is 2.45 bits per heavy atom. The molecular formula is C24H29FN2O2. The van der Waals surface area contributed by atoms with Crippen LogP contribution in [0.25, 0.3) is 0 Å². The number of piperidine rings is 1. The van der Waals surface area contributed by atoms with Crippen molar-refractivity contribution in [2.45, 2.75) is 51.1 Å². The molecule has 2 aromatic carbocycles. The Bertz CT molecular complexity index is 894. The minimum absolute atomic E-state index is 0.0443. The van der Waals surface area contributed by atoms with Crippen LogP contribution in [-0.2, 0) is 12.0 Å². The average Bonchev–Trinajstić information content (AvgIpc) is 3.07. The molecule has 0 aliphatic carbocycles. The Morgan fingerprint density at radius 1 is 1.10 bits per heavy atom. The van der Waals surface area contributed by atoms with Gasteiger partial charge >= 0.3 is 0 Å². The number of likely N-dealkylation sites (tertiary alicyclic amines) is 1. The molecule has 2 aromatic rings. The number of hydrogen-bond donors (Lipinski definition) is 1. The Morgan fingerprint density at radius 2 is 1.79 bits per heavy atom. The smallest absolute Gasteiger partial charge is 0.252 e. The zero-order chi connectivity index (χ0) is 20.6. The third-order valence-electron chi connectivity index (χ3n) is 6.41. The number of nitrogens with zero attached hydrogens (tertiary/aromatic N) is 1. The van der Waals surface area contributed by atoms with Crippen molar-refractivity contribution < 1.29 is 13.9 Å². The molecule has 29 heavy (non-hydrogen) atoms. The minimum Gasteiger partial charge on any atom is -0.493 e. The number of ether oxygens (including phenoxy) is 1. The summed E-state index contributed by atoms with van der Waals surface area (Å²) in [6, 6.07) is 12.6. The summed E-state index contributed by atoms with van der Waals surface area (Å²) in [5, 5.41) is 2.84. The first-order valence-corrected chi connectivity index (χ1v) is 10.3. The number of hydrogen-bond acceptors (Lipinski definition) is 3. The SMILES string of the molecule is CC(C)(C)N1CCC(COc2ccc3c(c2)C(=O)NC3)(c2ccc(F)cc2)CC1. The molecule has 0 saturated carbocycles.